The highest BCUT2D eigenvalue weighted by atomic mass is 16.6. The Balaban J connectivity index is 1.98. The normalized spacial score (nSPS) is 17.7. The second kappa shape index (κ2) is 4.87. The van der Waals surface area contributed by atoms with Gasteiger partial charge >= 0.3 is 5.97 Å². The number of carbonyl (C=O) groups excluding carboxylic acids is 1. The molecule has 3 rings (SSSR count). The summed E-state index contributed by atoms with van der Waals surface area (Å²) in [6.45, 7) is 4.48. The van der Waals surface area contributed by atoms with Gasteiger partial charge in [-0.25, -0.2) is 9.97 Å². The van der Waals surface area contributed by atoms with Crippen molar-refractivity contribution in [1.82, 2.24) is 9.97 Å². The van der Waals surface area contributed by atoms with E-state index in [2.05, 4.69) is 9.97 Å². The minimum Gasteiger partial charge on any atom is -0.497 e. The molecule has 1 aromatic heterocycles. The molecule has 0 amide bonds. The number of methoxy groups -OCH3 is 1. The Bertz CT molecular complexity index is 700. The number of rotatable bonds is 2. The number of esters is 1. The largest absolute Gasteiger partial charge is 0.497 e. The van der Waals surface area contributed by atoms with Crippen LogP contribution in [0.1, 0.15) is 13.8 Å². The monoisotopic (exact) mass is 287 g/mol. The zero-order valence-electron chi connectivity index (χ0n) is 12.3. The highest BCUT2D eigenvalue weighted by Crippen LogP contribution is 2.24. The first kappa shape index (κ1) is 13.6. The molecule has 1 fully saturated rings. The van der Waals surface area contributed by atoms with Crippen molar-refractivity contribution in [2.24, 2.45) is 0 Å². The van der Waals surface area contributed by atoms with E-state index in [0.717, 1.165) is 16.7 Å². The van der Waals surface area contributed by atoms with Gasteiger partial charge in [-0.3, -0.25) is 4.79 Å². The highest BCUT2D eigenvalue weighted by Gasteiger charge is 2.34. The molecule has 0 atom stereocenters. The molecule has 0 aliphatic carbocycles. The maximum atomic E-state index is 11.7. The summed E-state index contributed by atoms with van der Waals surface area (Å²) in [4.78, 5) is 22.4. The molecule has 1 saturated heterocycles. The van der Waals surface area contributed by atoms with Crippen LogP contribution in [-0.4, -0.2) is 41.7 Å². The number of cyclic esters (lactones) is 1. The first-order valence-electron chi connectivity index (χ1n) is 6.74. The zero-order chi connectivity index (χ0) is 15.0. The fraction of sp³-hybridized carbons (Fsp3) is 0.400. The fourth-order valence-electron chi connectivity index (χ4n) is 2.46. The summed E-state index contributed by atoms with van der Waals surface area (Å²) < 4.78 is 10.5. The molecule has 0 radical (unpaired) electrons. The second-order valence-electron chi connectivity index (χ2n) is 5.68. The number of benzene rings is 1. The first-order chi connectivity index (χ1) is 9.97. The Morgan fingerprint density at radius 2 is 2.19 bits per heavy atom. The van der Waals surface area contributed by atoms with Gasteiger partial charge in [0.2, 0.25) is 5.95 Å². The van der Waals surface area contributed by atoms with Crippen molar-refractivity contribution in [3.63, 3.8) is 0 Å². The summed E-state index contributed by atoms with van der Waals surface area (Å²) in [7, 11) is 1.62. The molecule has 1 aliphatic heterocycles. The van der Waals surface area contributed by atoms with Crippen LogP contribution in [-0.2, 0) is 9.53 Å². The smallest absolute Gasteiger partial charge is 0.326 e. The van der Waals surface area contributed by atoms with Crippen molar-refractivity contribution in [1.29, 1.82) is 0 Å². The molecule has 21 heavy (non-hydrogen) atoms. The van der Waals surface area contributed by atoms with Crippen LogP contribution < -0.4 is 9.64 Å². The Morgan fingerprint density at radius 1 is 1.38 bits per heavy atom. The molecular formula is C15H17N3O3. The SMILES string of the molecule is COc1ccc2cnc(N3CC(=O)OC(C)(C)C3)nc2c1. The molecule has 0 spiro atoms. The lowest BCUT2D eigenvalue weighted by Gasteiger charge is -2.37. The molecule has 2 aromatic rings. The van der Waals surface area contributed by atoms with Gasteiger partial charge in [-0.2, -0.15) is 0 Å². The van der Waals surface area contributed by atoms with Crippen molar-refractivity contribution in [2.45, 2.75) is 19.4 Å². The third kappa shape index (κ3) is 2.74. The number of anilines is 1. The summed E-state index contributed by atoms with van der Waals surface area (Å²) in [5.41, 5.74) is 0.248. The van der Waals surface area contributed by atoms with E-state index in [1.165, 1.54) is 0 Å². The molecule has 110 valence electrons. The minimum absolute atomic E-state index is 0.166. The zero-order valence-corrected chi connectivity index (χ0v) is 12.3. The average Bonchev–Trinajstić information content (AvgIpc) is 2.44. The van der Waals surface area contributed by atoms with E-state index in [9.17, 15) is 4.79 Å². The van der Waals surface area contributed by atoms with Crippen LogP contribution in [0.2, 0.25) is 0 Å². The number of aromatic nitrogens is 2. The van der Waals surface area contributed by atoms with Crippen LogP contribution in [0.25, 0.3) is 10.9 Å². The molecular weight excluding hydrogens is 270 g/mol. The fourth-order valence-corrected chi connectivity index (χ4v) is 2.46. The van der Waals surface area contributed by atoms with Crippen molar-refractivity contribution >= 4 is 22.8 Å². The van der Waals surface area contributed by atoms with Gasteiger partial charge in [-0.15, -0.1) is 0 Å². The number of nitrogens with zero attached hydrogens (tertiary/aromatic N) is 3. The maximum Gasteiger partial charge on any atom is 0.326 e. The number of ether oxygens (including phenoxy) is 2. The van der Waals surface area contributed by atoms with E-state index in [-0.39, 0.29) is 12.5 Å². The molecule has 1 aliphatic rings. The minimum atomic E-state index is -0.540. The van der Waals surface area contributed by atoms with Gasteiger partial charge in [-0.1, -0.05) is 0 Å². The van der Waals surface area contributed by atoms with Crippen molar-refractivity contribution < 1.29 is 14.3 Å². The van der Waals surface area contributed by atoms with Crippen molar-refractivity contribution in [2.75, 3.05) is 25.1 Å². The Labute approximate surface area is 122 Å². The summed E-state index contributed by atoms with van der Waals surface area (Å²) in [6.07, 6.45) is 1.75. The second-order valence-corrected chi connectivity index (χ2v) is 5.68. The van der Waals surface area contributed by atoms with Gasteiger partial charge in [0.1, 0.15) is 17.9 Å². The standard InChI is InChI=1S/C15H17N3O3/c1-15(2)9-18(8-13(19)21-15)14-16-7-10-4-5-11(20-3)6-12(10)17-14/h4-7H,8-9H2,1-3H3. The van der Waals surface area contributed by atoms with Crippen molar-refractivity contribution in [3.05, 3.63) is 24.4 Å². The lowest BCUT2D eigenvalue weighted by molar-refractivity contribution is -0.157. The van der Waals surface area contributed by atoms with E-state index in [1.807, 2.05) is 36.9 Å². The third-order valence-electron chi connectivity index (χ3n) is 3.34. The highest BCUT2D eigenvalue weighted by molar-refractivity contribution is 5.81. The Kier molecular flexibility index (Phi) is 3.16. The van der Waals surface area contributed by atoms with Crippen LogP contribution in [0.3, 0.4) is 0 Å². The molecule has 0 N–H and O–H groups in total. The Hall–Kier alpha value is -2.37. The van der Waals surface area contributed by atoms with Crippen LogP contribution in [0.4, 0.5) is 5.95 Å². The van der Waals surface area contributed by atoms with E-state index in [1.54, 1.807) is 13.3 Å². The lowest BCUT2D eigenvalue weighted by Crippen LogP contribution is -2.51. The van der Waals surface area contributed by atoms with Crippen LogP contribution in [0.5, 0.6) is 5.75 Å². The molecule has 0 bridgehead atoms. The van der Waals surface area contributed by atoms with Crippen LogP contribution in [0.15, 0.2) is 24.4 Å². The predicted octanol–water partition coefficient (Wildman–Crippen LogP) is 1.78. The van der Waals surface area contributed by atoms with Gasteiger partial charge in [0.05, 0.1) is 19.2 Å². The number of hydrogen-bond acceptors (Lipinski definition) is 6. The summed E-state index contributed by atoms with van der Waals surface area (Å²) in [5, 5.41) is 0.929. The van der Waals surface area contributed by atoms with E-state index in [0.29, 0.717) is 12.5 Å². The number of carbonyl (C=O) groups is 1. The lowest BCUT2D eigenvalue weighted by atomic mass is 10.1. The molecule has 2 heterocycles. The molecule has 0 unspecified atom stereocenters. The third-order valence-corrected chi connectivity index (χ3v) is 3.34. The molecule has 6 nitrogen and oxygen atoms in total. The number of fused-ring (bicyclic) bond motifs is 1. The van der Waals surface area contributed by atoms with Gasteiger partial charge in [-0.05, 0) is 26.0 Å². The average molecular weight is 287 g/mol. The Morgan fingerprint density at radius 3 is 2.90 bits per heavy atom. The summed E-state index contributed by atoms with van der Waals surface area (Å²) in [6, 6.07) is 5.63. The van der Waals surface area contributed by atoms with Gasteiger partial charge < -0.3 is 14.4 Å². The first-order valence-corrected chi connectivity index (χ1v) is 6.74. The number of hydrogen-bond donors (Lipinski definition) is 0. The van der Waals surface area contributed by atoms with E-state index >= 15 is 0 Å². The topological polar surface area (TPSA) is 64.5 Å². The quantitative estimate of drug-likeness (QED) is 0.785. The van der Waals surface area contributed by atoms with Crippen LogP contribution in [0, 0.1) is 0 Å². The van der Waals surface area contributed by atoms with Gasteiger partial charge in [0.15, 0.2) is 0 Å². The predicted molar refractivity (Wildman–Crippen MR) is 78.5 cm³/mol. The maximum absolute atomic E-state index is 11.7. The molecule has 6 heteroatoms. The van der Waals surface area contributed by atoms with Crippen LogP contribution >= 0.6 is 0 Å². The molecule has 0 saturated carbocycles. The summed E-state index contributed by atoms with van der Waals surface area (Å²) in [5.74, 6) is 1.01. The number of morpholine rings is 1. The molecule has 1 aromatic carbocycles. The summed E-state index contributed by atoms with van der Waals surface area (Å²) >= 11 is 0. The van der Waals surface area contributed by atoms with E-state index < -0.39 is 5.60 Å². The van der Waals surface area contributed by atoms with Crippen molar-refractivity contribution in [3.8, 4) is 5.75 Å². The van der Waals surface area contributed by atoms with E-state index in [4.69, 9.17) is 9.47 Å². The van der Waals surface area contributed by atoms with Gasteiger partial charge in [0, 0.05) is 17.6 Å². The van der Waals surface area contributed by atoms with Gasteiger partial charge in [0.25, 0.3) is 0 Å².